The van der Waals surface area contributed by atoms with E-state index >= 15 is 0 Å². The number of guanidine groups is 1. The molecule has 6 nitrogen and oxygen atoms in total. The summed E-state index contributed by atoms with van der Waals surface area (Å²) in [7, 11) is 1.78. The SMILES string of the molecule is CN=C(NCCn1cccc1)NCc1ccc(OC2CCCC2)nc1.I. The average Bonchev–Trinajstić information content (AvgIpc) is 3.33. The number of rotatable bonds is 7. The summed E-state index contributed by atoms with van der Waals surface area (Å²) in [5.41, 5.74) is 1.10. The topological polar surface area (TPSA) is 63.5 Å². The van der Waals surface area contributed by atoms with Crippen molar-refractivity contribution >= 4 is 29.9 Å². The predicted molar refractivity (Wildman–Crippen MR) is 115 cm³/mol. The molecule has 0 spiro atoms. The summed E-state index contributed by atoms with van der Waals surface area (Å²) in [6.07, 6.45) is 11.2. The van der Waals surface area contributed by atoms with E-state index in [0.717, 1.165) is 43.3 Å². The molecule has 2 aromatic rings. The third-order valence-electron chi connectivity index (χ3n) is 4.40. The fourth-order valence-corrected chi connectivity index (χ4v) is 2.99. The van der Waals surface area contributed by atoms with Crippen LogP contribution in [-0.4, -0.2) is 35.2 Å². The van der Waals surface area contributed by atoms with Gasteiger partial charge in [0.25, 0.3) is 0 Å². The lowest BCUT2D eigenvalue weighted by Crippen LogP contribution is -2.38. The summed E-state index contributed by atoms with van der Waals surface area (Å²) in [6, 6.07) is 8.06. The summed E-state index contributed by atoms with van der Waals surface area (Å²) in [6.45, 7) is 2.41. The molecule has 0 aliphatic heterocycles. The molecule has 2 N–H and O–H groups in total. The van der Waals surface area contributed by atoms with E-state index in [-0.39, 0.29) is 24.0 Å². The Bertz CT molecular complexity index is 651. The van der Waals surface area contributed by atoms with Crippen molar-refractivity contribution in [1.82, 2.24) is 20.2 Å². The predicted octanol–water partition coefficient (Wildman–Crippen LogP) is 3.19. The molecule has 1 aliphatic carbocycles. The van der Waals surface area contributed by atoms with Crippen molar-refractivity contribution < 1.29 is 4.74 Å². The maximum Gasteiger partial charge on any atom is 0.213 e. The Morgan fingerprint density at radius 2 is 2.00 bits per heavy atom. The maximum atomic E-state index is 5.90. The van der Waals surface area contributed by atoms with Gasteiger partial charge in [-0.25, -0.2) is 4.98 Å². The molecule has 0 amide bonds. The molecule has 3 rings (SSSR count). The first kappa shape index (κ1) is 20.5. The number of nitrogens with zero attached hydrogens (tertiary/aromatic N) is 3. The Kier molecular flexibility index (Phi) is 8.73. The van der Waals surface area contributed by atoms with E-state index in [1.54, 1.807) is 7.05 Å². The van der Waals surface area contributed by atoms with Gasteiger partial charge >= 0.3 is 0 Å². The molecule has 1 aliphatic rings. The van der Waals surface area contributed by atoms with Gasteiger partial charge in [0.05, 0.1) is 0 Å². The number of hydrogen-bond acceptors (Lipinski definition) is 3. The second-order valence-corrected chi connectivity index (χ2v) is 6.30. The molecule has 0 radical (unpaired) electrons. The largest absolute Gasteiger partial charge is 0.474 e. The first-order chi connectivity index (χ1) is 12.3. The number of halogens is 1. The van der Waals surface area contributed by atoms with Gasteiger partial charge in [-0.2, -0.15) is 0 Å². The molecule has 2 aromatic heterocycles. The van der Waals surface area contributed by atoms with Crippen molar-refractivity contribution in [2.45, 2.75) is 44.9 Å². The molecule has 142 valence electrons. The number of hydrogen-bond donors (Lipinski definition) is 2. The van der Waals surface area contributed by atoms with Crippen LogP contribution < -0.4 is 15.4 Å². The van der Waals surface area contributed by atoms with Gasteiger partial charge in [0.1, 0.15) is 6.10 Å². The summed E-state index contributed by atoms with van der Waals surface area (Å²) in [4.78, 5) is 8.66. The monoisotopic (exact) mass is 469 g/mol. The minimum Gasteiger partial charge on any atom is -0.474 e. The van der Waals surface area contributed by atoms with Gasteiger partial charge in [-0.05, 0) is 43.4 Å². The van der Waals surface area contributed by atoms with Gasteiger partial charge in [-0.1, -0.05) is 6.07 Å². The number of aromatic nitrogens is 2. The zero-order valence-electron chi connectivity index (χ0n) is 15.2. The zero-order valence-corrected chi connectivity index (χ0v) is 17.6. The van der Waals surface area contributed by atoms with Crippen LogP contribution in [0.4, 0.5) is 0 Å². The summed E-state index contributed by atoms with van der Waals surface area (Å²) >= 11 is 0. The molecule has 2 heterocycles. The lowest BCUT2D eigenvalue weighted by atomic mass is 10.3. The second kappa shape index (κ2) is 11.1. The maximum absolute atomic E-state index is 5.90. The van der Waals surface area contributed by atoms with Gasteiger partial charge < -0.3 is 19.9 Å². The quantitative estimate of drug-likeness (QED) is 0.372. The lowest BCUT2D eigenvalue weighted by molar-refractivity contribution is 0.201. The van der Waals surface area contributed by atoms with Crippen molar-refractivity contribution in [3.05, 3.63) is 48.4 Å². The Morgan fingerprint density at radius 1 is 1.23 bits per heavy atom. The van der Waals surface area contributed by atoms with E-state index in [4.69, 9.17) is 4.74 Å². The molecular formula is C19H28IN5O. The van der Waals surface area contributed by atoms with E-state index in [1.807, 2.05) is 24.4 Å². The minimum atomic E-state index is 0. The smallest absolute Gasteiger partial charge is 0.213 e. The van der Waals surface area contributed by atoms with Gasteiger partial charge in [-0.15, -0.1) is 24.0 Å². The Balaban J connectivity index is 0.00000243. The molecule has 1 fully saturated rings. The highest BCUT2D eigenvalue weighted by Crippen LogP contribution is 2.22. The van der Waals surface area contributed by atoms with Crippen LogP contribution in [0, 0.1) is 0 Å². The van der Waals surface area contributed by atoms with Crippen molar-refractivity contribution in [3.63, 3.8) is 0 Å². The van der Waals surface area contributed by atoms with Crippen LogP contribution in [0.15, 0.2) is 47.8 Å². The van der Waals surface area contributed by atoms with Gasteiger partial charge in [0.15, 0.2) is 5.96 Å². The van der Waals surface area contributed by atoms with E-state index in [1.165, 1.54) is 12.8 Å². The summed E-state index contributed by atoms with van der Waals surface area (Å²) in [5, 5.41) is 6.62. The van der Waals surface area contributed by atoms with Crippen LogP contribution in [0.2, 0.25) is 0 Å². The van der Waals surface area contributed by atoms with Crippen LogP contribution in [-0.2, 0) is 13.1 Å². The van der Waals surface area contributed by atoms with Gasteiger partial charge in [0.2, 0.25) is 5.88 Å². The van der Waals surface area contributed by atoms with Crippen molar-refractivity contribution in [3.8, 4) is 5.88 Å². The molecule has 26 heavy (non-hydrogen) atoms. The van der Waals surface area contributed by atoms with Crippen LogP contribution in [0.5, 0.6) is 5.88 Å². The average molecular weight is 469 g/mol. The molecule has 0 bridgehead atoms. The standard InChI is InChI=1S/C19H27N5O.HI/c1-20-19(21-10-13-24-11-4-5-12-24)23-15-16-8-9-18(22-14-16)25-17-6-2-3-7-17;/h4-5,8-9,11-12,14,17H,2-3,6-7,10,13,15H2,1H3,(H2,20,21,23);1H. The molecule has 0 atom stereocenters. The van der Waals surface area contributed by atoms with Crippen LogP contribution in [0.25, 0.3) is 0 Å². The van der Waals surface area contributed by atoms with Crippen molar-refractivity contribution in [2.75, 3.05) is 13.6 Å². The highest BCUT2D eigenvalue weighted by Gasteiger charge is 2.16. The molecule has 7 heteroatoms. The first-order valence-electron chi connectivity index (χ1n) is 9.00. The van der Waals surface area contributed by atoms with Crippen molar-refractivity contribution in [1.29, 1.82) is 0 Å². The number of nitrogens with one attached hydrogen (secondary N) is 2. The molecule has 1 saturated carbocycles. The minimum absolute atomic E-state index is 0. The van der Waals surface area contributed by atoms with Gasteiger partial charge in [-0.3, -0.25) is 4.99 Å². The van der Waals surface area contributed by atoms with Crippen LogP contribution >= 0.6 is 24.0 Å². The normalized spacial score (nSPS) is 14.7. The molecule has 0 unspecified atom stereocenters. The molecular weight excluding hydrogens is 441 g/mol. The van der Waals surface area contributed by atoms with Gasteiger partial charge in [0, 0.05) is 51.3 Å². The summed E-state index contributed by atoms with van der Waals surface area (Å²) < 4.78 is 8.03. The number of pyridine rings is 1. The molecule has 0 saturated heterocycles. The Morgan fingerprint density at radius 3 is 2.65 bits per heavy atom. The summed E-state index contributed by atoms with van der Waals surface area (Å²) in [5.74, 6) is 1.52. The van der Waals surface area contributed by atoms with Crippen LogP contribution in [0.3, 0.4) is 0 Å². The third-order valence-corrected chi connectivity index (χ3v) is 4.40. The third kappa shape index (κ3) is 6.51. The number of aliphatic imine (C=N–C) groups is 1. The van der Waals surface area contributed by atoms with E-state index in [0.29, 0.717) is 12.6 Å². The van der Waals surface area contributed by atoms with E-state index in [2.05, 4.69) is 43.6 Å². The highest BCUT2D eigenvalue weighted by molar-refractivity contribution is 14.0. The van der Waals surface area contributed by atoms with E-state index < -0.39 is 0 Å². The highest BCUT2D eigenvalue weighted by atomic mass is 127. The second-order valence-electron chi connectivity index (χ2n) is 6.30. The fourth-order valence-electron chi connectivity index (χ4n) is 2.99. The Labute approximate surface area is 172 Å². The fraction of sp³-hybridized carbons (Fsp3) is 0.474. The molecule has 0 aromatic carbocycles. The van der Waals surface area contributed by atoms with Crippen LogP contribution in [0.1, 0.15) is 31.2 Å². The van der Waals surface area contributed by atoms with E-state index in [9.17, 15) is 0 Å². The zero-order chi connectivity index (χ0) is 17.3. The lowest BCUT2D eigenvalue weighted by Gasteiger charge is -2.14. The Hall–Kier alpha value is -1.77. The first-order valence-corrected chi connectivity index (χ1v) is 9.00. The number of ether oxygens (including phenoxy) is 1. The van der Waals surface area contributed by atoms with Crippen molar-refractivity contribution in [2.24, 2.45) is 4.99 Å².